The van der Waals surface area contributed by atoms with Gasteiger partial charge in [-0.25, -0.2) is 0 Å². The van der Waals surface area contributed by atoms with Crippen molar-refractivity contribution in [2.45, 2.75) is 32.4 Å². The maximum atomic E-state index is 12.3. The first-order chi connectivity index (χ1) is 11.3. The van der Waals surface area contributed by atoms with Gasteiger partial charge in [0.1, 0.15) is 0 Å². The number of carbonyl (C=O) groups excluding carboxylic acids is 2. The van der Waals surface area contributed by atoms with E-state index in [0.717, 1.165) is 11.3 Å². The van der Waals surface area contributed by atoms with Crippen LogP contribution in [0.3, 0.4) is 0 Å². The van der Waals surface area contributed by atoms with E-state index in [-0.39, 0.29) is 30.0 Å². The number of hydrogen-bond donors (Lipinski definition) is 2. The molecular weight excluding hydrogens is 342 g/mol. The van der Waals surface area contributed by atoms with Crippen molar-refractivity contribution in [2.75, 3.05) is 11.4 Å². The van der Waals surface area contributed by atoms with Crippen LogP contribution in [-0.2, 0) is 17.8 Å². The molecule has 25 heavy (non-hydrogen) atoms. The highest BCUT2D eigenvalue weighted by molar-refractivity contribution is 6.01. The number of anilines is 1. The number of nitrogens with zero attached hydrogens (tertiary/aromatic N) is 1. The zero-order chi connectivity index (χ0) is 17.3. The second kappa shape index (κ2) is 7.29. The van der Waals surface area contributed by atoms with E-state index in [9.17, 15) is 9.59 Å². The summed E-state index contributed by atoms with van der Waals surface area (Å²) in [5.41, 5.74) is 7.94. The molecule has 0 spiro atoms. The molecule has 0 bridgehead atoms. The van der Waals surface area contributed by atoms with Crippen molar-refractivity contribution in [1.29, 1.82) is 0 Å². The molecule has 6 nitrogen and oxygen atoms in total. The Kier molecular flexibility index (Phi) is 5.55. The number of hydrogen-bond acceptors (Lipinski definition) is 4. The molecule has 2 heterocycles. The van der Waals surface area contributed by atoms with Crippen molar-refractivity contribution in [1.82, 2.24) is 5.32 Å². The lowest BCUT2D eigenvalue weighted by atomic mass is 10.1. The third-order valence-electron chi connectivity index (χ3n) is 3.91. The zero-order valence-corrected chi connectivity index (χ0v) is 15.1. The highest BCUT2D eigenvalue weighted by atomic mass is 35.5. The summed E-state index contributed by atoms with van der Waals surface area (Å²) in [4.78, 5) is 26.3. The molecule has 0 aliphatic carbocycles. The molecule has 1 aromatic carbocycles. The molecule has 3 rings (SSSR count). The Balaban J connectivity index is 0.00000225. The van der Waals surface area contributed by atoms with Crippen LogP contribution in [0.4, 0.5) is 5.69 Å². The molecule has 1 aliphatic heterocycles. The SMILES string of the molecule is CC(C)(N)CNC(=O)c1occc1CN1C(=O)Cc2ccccc21.Cl. The van der Waals surface area contributed by atoms with Gasteiger partial charge in [-0.2, -0.15) is 0 Å². The molecule has 1 aliphatic rings. The second-order valence-corrected chi connectivity index (χ2v) is 6.73. The van der Waals surface area contributed by atoms with Crippen LogP contribution in [0.25, 0.3) is 0 Å². The Hall–Kier alpha value is -2.31. The lowest BCUT2D eigenvalue weighted by Crippen LogP contribution is -2.45. The molecule has 0 saturated heterocycles. The Morgan fingerprint density at radius 1 is 1.32 bits per heavy atom. The molecule has 2 aromatic rings. The van der Waals surface area contributed by atoms with E-state index >= 15 is 0 Å². The van der Waals surface area contributed by atoms with E-state index in [2.05, 4.69) is 5.32 Å². The van der Waals surface area contributed by atoms with Crippen molar-refractivity contribution < 1.29 is 14.0 Å². The van der Waals surface area contributed by atoms with E-state index in [4.69, 9.17) is 10.2 Å². The normalized spacial score (nSPS) is 13.4. The largest absolute Gasteiger partial charge is 0.459 e. The lowest BCUT2D eigenvalue weighted by Gasteiger charge is -2.19. The molecule has 0 unspecified atom stereocenters. The van der Waals surface area contributed by atoms with Crippen LogP contribution in [0.1, 0.15) is 35.5 Å². The zero-order valence-electron chi connectivity index (χ0n) is 14.2. The fraction of sp³-hybridized carbons (Fsp3) is 0.333. The number of amides is 2. The maximum absolute atomic E-state index is 12.3. The molecule has 3 N–H and O–H groups in total. The van der Waals surface area contributed by atoms with Crippen LogP contribution in [0.15, 0.2) is 41.0 Å². The lowest BCUT2D eigenvalue weighted by molar-refractivity contribution is -0.117. The highest BCUT2D eigenvalue weighted by Gasteiger charge is 2.29. The number of fused-ring (bicyclic) bond motifs is 1. The molecule has 0 fully saturated rings. The summed E-state index contributed by atoms with van der Waals surface area (Å²) in [5, 5.41) is 2.76. The van der Waals surface area contributed by atoms with Crippen LogP contribution in [-0.4, -0.2) is 23.9 Å². The quantitative estimate of drug-likeness (QED) is 0.852. The fourth-order valence-corrected chi connectivity index (χ4v) is 2.71. The van der Waals surface area contributed by atoms with Crippen molar-refractivity contribution in [3.05, 3.63) is 53.5 Å². The topological polar surface area (TPSA) is 88.6 Å². The Morgan fingerprint density at radius 3 is 2.76 bits per heavy atom. The molecule has 134 valence electrons. The highest BCUT2D eigenvalue weighted by Crippen LogP contribution is 2.30. The van der Waals surface area contributed by atoms with Crippen LogP contribution in [0, 0.1) is 0 Å². The Morgan fingerprint density at radius 2 is 2.04 bits per heavy atom. The van der Waals surface area contributed by atoms with Gasteiger partial charge in [-0.05, 0) is 31.5 Å². The van der Waals surface area contributed by atoms with Gasteiger partial charge in [0.2, 0.25) is 5.91 Å². The minimum absolute atomic E-state index is 0. The number of furan rings is 1. The number of nitrogens with one attached hydrogen (secondary N) is 1. The van der Waals surface area contributed by atoms with E-state index < -0.39 is 5.54 Å². The molecule has 0 saturated carbocycles. The minimum Gasteiger partial charge on any atom is -0.459 e. The van der Waals surface area contributed by atoms with Crippen molar-refractivity contribution in [2.24, 2.45) is 5.73 Å². The molecule has 0 radical (unpaired) electrons. The number of carbonyl (C=O) groups is 2. The molecular formula is C18H22ClN3O3. The summed E-state index contributed by atoms with van der Waals surface area (Å²) in [6.45, 7) is 4.30. The Bertz CT molecular complexity index is 780. The average molecular weight is 364 g/mol. The van der Waals surface area contributed by atoms with Gasteiger partial charge in [0.15, 0.2) is 5.76 Å². The monoisotopic (exact) mass is 363 g/mol. The summed E-state index contributed by atoms with van der Waals surface area (Å²) in [5.74, 6) is -0.0864. The number of benzene rings is 1. The van der Waals surface area contributed by atoms with Gasteiger partial charge in [-0.3, -0.25) is 9.59 Å². The summed E-state index contributed by atoms with van der Waals surface area (Å²) < 4.78 is 5.33. The molecule has 2 amide bonds. The summed E-state index contributed by atoms with van der Waals surface area (Å²) in [6.07, 6.45) is 1.85. The average Bonchev–Trinajstić information content (AvgIpc) is 3.10. The third-order valence-corrected chi connectivity index (χ3v) is 3.91. The maximum Gasteiger partial charge on any atom is 0.287 e. The third kappa shape index (κ3) is 4.21. The Labute approximate surface area is 152 Å². The van der Waals surface area contributed by atoms with Gasteiger partial charge in [-0.1, -0.05) is 18.2 Å². The molecule has 7 heteroatoms. The predicted octanol–water partition coefficient (Wildman–Crippen LogP) is 2.26. The number of halogens is 1. The van der Waals surface area contributed by atoms with Gasteiger partial charge in [0.05, 0.1) is 19.2 Å². The van der Waals surface area contributed by atoms with Crippen LogP contribution >= 0.6 is 12.4 Å². The number of nitrogens with two attached hydrogens (primary N) is 1. The summed E-state index contributed by atoms with van der Waals surface area (Å²) in [6, 6.07) is 9.39. The standard InChI is InChI=1S/C18H21N3O3.ClH/c1-18(2,19)11-20-17(23)16-13(7-8-24-16)10-21-14-6-4-3-5-12(14)9-15(21)22;/h3-8H,9-11,19H2,1-2H3,(H,20,23);1H. The number of rotatable bonds is 5. The van der Waals surface area contributed by atoms with Gasteiger partial charge in [-0.15, -0.1) is 12.4 Å². The van der Waals surface area contributed by atoms with E-state index in [0.29, 0.717) is 25.1 Å². The number of para-hydroxylation sites is 1. The first kappa shape index (κ1) is 19.0. The van der Waals surface area contributed by atoms with Gasteiger partial charge in [0, 0.05) is 23.3 Å². The van der Waals surface area contributed by atoms with E-state index in [1.54, 1.807) is 11.0 Å². The summed E-state index contributed by atoms with van der Waals surface area (Å²) >= 11 is 0. The van der Waals surface area contributed by atoms with Crippen LogP contribution < -0.4 is 16.0 Å². The first-order valence-corrected chi connectivity index (χ1v) is 7.87. The van der Waals surface area contributed by atoms with Gasteiger partial charge >= 0.3 is 0 Å². The van der Waals surface area contributed by atoms with E-state index in [1.165, 1.54) is 6.26 Å². The minimum atomic E-state index is -0.508. The van der Waals surface area contributed by atoms with E-state index in [1.807, 2.05) is 38.1 Å². The molecule has 0 atom stereocenters. The van der Waals surface area contributed by atoms with Crippen LogP contribution in [0.5, 0.6) is 0 Å². The van der Waals surface area contributed by atoms with Crippen molar-refractivity contribution in [3.63, 3.8) is 0 Å². The second-order valence-electron chi connectivity index (χ2n) is 6.73. The smallest absolute Gasteiger partial charge is 0.287 e. The van der Waals surface area contributed by atoms with Gasteiger partial charge in [0.25, 0.3) is 5.91 Å². The van der Waals surface area contributed by atoms with Crippen LogP contribution in [0.2, 0.25) is 0 Å². The first-order valence-electron chi connectivity index (χ1n) is 7.87. The predicted molar refractivity (Wildman–Crippen MR) is 97.9 cm³/mol. The molecule has 1 aromatic heterocycles. The fourth-order valence-electron chi connectivity index (χ4n) is 2.71. The van der Waals surface area contributed by atoms with Crippen molar-refractivity contribution in [3.8, 4) is 0 Å². The summed E-state index contributed by atoms with van der Waals surface area (Å²) in [7, 11) is 0. The van der Waals surface area contributed by atoms with Gasteiger partial charge < -0.3 is 20.4 Å². The van der Waals surface area contributed by atoms with Crippen molar-refractivity contribution >= 4 is 29.9 Å².